The number of aromatic nitrogens is 4. The molecule has 0 aliphatic rings. The van der Waals surface area contributed by atoms with Crippen molar-refractivity contribution in [2.24, 2.45) is 0 Å². The molecule has 1 amide bonds. The van der Waals surface area contributed by atoms with E-state index in [1.807, 2.05) is 13.8 Å². The van der Waals surface area contributed by atoms with Crippen molar-refractivity contribution in [3.63, 3.8) is 0 Å². The average molecular weight is 415 g/mol. The molecule has 0 aromatic carbocycles. The Hall–Kier alpha value is -3.27. The second kappa shape index (κ2) is 8.62. The van der Waals surface area contributed by atoms with Crippen LogP contribution in [0.1, 0.15) is 38.1 Å². The summed E-state index contributed by atoms with van der Waals surface area (Å²) >= 11 is 0. The molecule has 0 spiro atoms. The summed E-state index contributed by atoms with van der Waals surface area (Å²) in [5, 5.41) is 22.6. The van der Waals surface area contributed by atoms with Gasteiger partial charge in [0.05, 0.1) is 29.6 Å². The summed E-state index contributed by atoms with van der Waals surface area (Å²) in [6.07, 6.45) is 3.25. The van der Waals surface area contributed by atoms with E-state index >= 15 is 0 Å². The highest BCUT2D eigenvalue weighted by Gasteiger charge is 2.27. The second-order valence-electron chi connectivity index (χ2n) is 7.82. The molecule has 0 fully saturated rings. The number of pyridine rings is 1. The molecule has 3 heterocycles. The first-order chi connectivity index (χ1) is 14.1. The molecule has 3 rings (SSSR count). The van der Waals surface area contributed by atoms with E-state index in [9.17, 15) is 14.3 Å². The first-order valence-electron chi connectivity index (χ1n) is 9.62. The predicted octanol–water partition coefficient (Wildman–Crippen LogP) is 2.53. The molecule has 3 aromatic heterocycles. The van der Waals surface area contributed by atoms with Gasteiger partial charge in [-0.15, -0.1) is 0 Å². The van der Waals surface area contributed by atoms with Crippen LogP contribution < -0.4 is 16.0 Å². The maximum absolute atomic E-state index is 14.0. The van der Waals surface area contributed by atoms with Crippen LogP contribution in [0.5, 0.6) is 0 Å². The van der Waals surface area contributed by atoms with Gasteiger partial charge in [0.1, 0.15) is 17.8 Å². The minimum atomic E-state index is -1.60. The van der Waals surface area contributed by atoms with Crippen LogP contribution >= 0.6 is 0 Å². The molecule has 0 bridgehead atoms. The number of amides is 1. The van der Waals surface area contributed by atoms with Crippen LogP contribution in [-0.2, 0) is 0 Å². The number of hydrogen-bond donors (Lipinski definition) is 4. The molecule has 10 heteroatoms. The number of fused-ring (bicyclic) bond motifs is 1. The molecule has 9 nitrogen and oxygen atoms in total. The van der Waals surface area contributed by atoms with E-state index in [1.54, 1.807) is 35.1 Å². The lowest BCUT2D eigenvalue weighted by Crippen LogP contribution is -2.42. The van der Waals surface area contributed by atoms with Crippen molar-refractivity contribution in [3.05, 3.63) is 42.4 Å². The van der Waals surface area contributed by atoms with Crippen molar-refractivity contribution >= 4 is 28.9 Å². The van der Waals surface area contributed by atoms with Crippen molar-refractivity contribution in [1.82, 2.24) is 24.9 Å². The van der Waals surface area contributed by atoms with Gasteiger partial charge in [-0.1, -0.05) is 0 Å². The van der Waals surface area contributed by atoms with E-state index in [2.05, 4.69) is 31.0 Å². The van der Waals surface area contributed by atoms with Crippen molar-refractivity contribution in [2.45, 2.75) is 45.5 Å². The fraction of sp³-hybridized carbons (Fsp3) is 0.400. The Labute approximate surface area is 173 Å². The molecule has 3 aromatic rings. The van der Waals surface area contributed by atoms with Crippen molar-refractivity contribution in [2.75, 3.05) is 17.2 Å². The lowest BCUT2D eigenvalue weighted by Gasteiger charge is -2.23. The summed E-state index contributed by atoms with van der Waals surface area (Å²) in [5.41, 5.74) is -0.0355. The van der Waals surface area contributed by atoms with Gasteiger partial charge in [-0.3, -0.25) is 4.79 Å². The van der Waals surface area contributed by atoms with Gasteiger partial charge in [-0.2, -0.15) is 5.10 Å². The van der Waals surface area contributed by atoms with Crippen molar-refractivity contribution in [1.29, 1.82) is 0 Å². The van der Waals surface area contributed by atoms with Gasteiger partial charge < -0.3 is 21.1 Å². The normalized spacial score (nSPS) is 12.8. The number of carbonyl (C=O) groups is 1. The topological polar surface area (TPSA) is 116 Å². The first-order valence-corrected chi connectivity index (χ1v) is 9.62. The summed E-state index contributed by atoms with van der Waals surface area (Å²) in [6, 6.07) is 5.29. The number of anilines is 3. The number of hydrogen-bond acceptors (Lipinski definition) is 7. The number of rotatable bonds is 8. The standard InChI is InChI=1S/C20H26FN7O2/c1-12(2)25-14-9-17(26-16-6-8-28-18(27-16)5-7-24-28)22-10-13(14)19(29)23-11-15(21)20(3,4)30/h5-10,12,15,30H,11H2,1-4H3,(H,23,29)(H2,22,25,26,27). The second-order valence-corrected chi connectivity index (χ2v) is 7.82. The van der Waals surface area contributed by atoms with Crippen LogP contribution in [0.2, 0.25) is 0 Å². The zero-order chi connectivity index (χ0) is 21.9. The Balaban J connectivity index is 1.79. The summed E-state index contributed by atoms with van der Waals surface area (Å²) in [7, 11) is 0. The lowest BCUT2D eigenvalue weighted by atomic mass is 10.0. The average Bonchev–Trinajstić information content (AvgIpc) is 3.12. The van der Waals surface area contributed by atoms with Crippen LogP contribution in [0.3, 0.4) is 0 Å². The smallest absolute Gasteiger partial charge is 0.255 e. The number of halogens is 1. The third-order valence-corrected chi connectivity index (χ3v) is 4.32. The number of nitrogens with zero attached hydrogens (tertiary/aromatic N) is 4. The van der Waals surface area contributed by atoms with Gasteiger partial charge in [-0.25, -0.2) is 18.9 Å². The largest absolute Gasteiger partial charge is 0.387 e. The molecule has 1 atom stereocenters. The molecule has 0 saturated heterocycles. The van der Waals surface area contributed by atoms with Gasteiger partial charge in [0.2, 0.25) is 0 Å². The van der Waals surface area contributed by atoms with Gasteiger partial charge in [0, 0.05) is 30.6 Å². The van der Waals surface area contributed by atoms with Gasteiger partial charge >= 0.3 is 0 Å². The number of carbonyl (C=O) groups excluding carboxylic acids is 1. The van der Waals surface area contributed by atoms with Gasteiger partial charge in [-0.05, 0) is 33.8 Å². The molecular weight excluding hydrogens is 389 g/mol. The van der Waals surface area contributed by atoms with Crippen LogP contribution in [-0.4, -0.2) is 55.0 Å². The highest BCUT2D eigenvalue weighted by Crippen LogP contribution is 2.22. The SMILES string of the molecule is CC(C)Nc1cc(Nc2ccn3nccc3n2)ncc1C(=O)NCC(F)C(C)(C)O. The van der Waals surface area contributed by atoms with Crippen LogP contribution in [0.25, 0.3) is 5.65 Å². The van der Waals surface area contributed by atoms with Crippen molar-refractivity contribution < 1.29 is 14.3 Å². The summed E-state index contributed by atoms with van der Waals surface area (Å²) in [4.78, 5) is 21.3. The van der Waals surface area contributed by atoms with Crippen molar-refractivity contribution in [3.8, 4) is 0 Å². The molecular formula is C20H26FN7O2. The first kappa shape index (κ1) is 21.4. The van der Waals surface area contributed by atoms with E-state index < -0.39 is 17.7 Å². The minimum Gasteiger partial charge on any atom is -0.387 e. The molecule has 1 unspecified atom stereocenters. The maximum Gasteiger partial charge on any atom is 0.255 e. The fourth-order valence-corrected chi connectivity index (χ4v) is 2.68. The highest BCUT2D eigenvalue weighted by atomic mass is 19.1. The summed E-state index contributed by atoms with van der Waals surface area (Å²) in [6.45, 7) is 6.28. The third kappa shape index (κ3) is 5.20. The molecule has 0 aliphatic heterocycles. The van der Waals surface area contributed by atoms with Crippen LogP contribution in [0, 0.1) is 0 Å². The molecule has 30 heavy (non-hydrogen) atoms. The van der Waals surface area contributed by atoms with Gasteiger partial charge in [0.25, 0.3) is 5.91 Å². The number of aliphatic hydroxyl groups is 1. The number of nitrogens with one attached hydrogen (secondary N) is 3. The van der Waals surface area contributed by atoms with E-state index in [4.69, 9.17) is 0 Å². The Kier molecular flexibility index (Phi) is 6.16. The Bertz CT molecular complexity index is 1030. The summed E-state index contributed by atoms with van der Waals surface area (Å²) in [5.74, 6) is 0.586. The Morgan fingerprint density at radius 2 is 2.07 bits per heavy atom. The highest BCUT2D eigenvalue weighted by molar-refractivity contribution is 5.99. The molecule has 0 saturated carbocycles. The Morgan fingerprint density at radius 3 is 2.77 bits per heavy atom. The molecule has 0 radical (unpaired) electrons. The van der Waals surface area contributed by atoms with E-state index in [-0.39, 0.29) is 18.2 Å². The molecule has 0 aliphatic carbocycles. The third-order valence-electron chi connectivity index (χ3n) is 4.32. The van der Waals surface area contributed by atoms with E-state index in [0.717, 1.165) is 0 Å². The van der Waals surface area contributed by atoms with E-state index in [1.165, 1.54) is 20.0 Å². The lowest BCUT2D eigenvalue weighted by molar-refractivity contribution is -0.00177. The maximum atomic E-state index is 14.0. The zero-order valence-electron chi connectivity index (χ0n) is 17.3. The molecule has 4 N–H and O–H groups in total. The quantitative estimate of drug-likeness (QED) is 0.447. The number of alkyl halides is 1. The Morgan fingerprint density at radius 1 is 1.30 bits per heavy atom. The molecule has 160 valence electrons. The van der Waals surface area contributed by atoms with E-state index in [0.29, 0.717) is 23.0 Å². The van der Waals surface area contributed by atoms with Gasteiger partial charge in [0.15, 0.2) is 5.65 Å². The minimum absolute atomic E-state index is 0.0540. The summed E-state index contributed by atoms with van der Waals surface area (Å²) < 4.78 is 15.6. The predicted molar refractivity (Wildman–Crippen MR) is 113 cm³/mol. The fourth-order valence-electron chi connectivity index (χ4n) is 2.68. The monoisotopic (exact) mass is 415 g/mol. The van der Waals surface area contributed by atoms with Crippen LogP contribution in [0.15, 0.2) is 36.8 Å². The van der Waals surface area contributed by atoms with Crippen LogP contribution in [0.4, 0.5) is 21.7 Å². The zero-order valence-corrected chi connectivity index (χ0v) is 17.3.